The van der Waals surface area contributed by atoms with Crippen LogP contribution in [0.5, 0.6) is 0 Å². The molecule has 1 fully saturated rings. The minimum Gasteiger partial charge on any atom is -0.394 e. The SMILES string of the molecule is Cc1ccccc1CN1CCO[C@H](CO)[C@H]1c1ccccc1. The van der Waals surface area contributed by atoms with Crippen LogP contribution in [-0.4, -0.2) is 35.9 Å². The quantitative estimate of drug-likeness (QED) is 0.942. The molecular weight excluding hydrogens is 274 g/mol. The third-order valence-corrected chi connectivity index (χ3v) is 4.41. The van der Waals surface area contributed by atoms with Crippen LogP contribution in [0.15, 0.2) is 54.6 Å². The van der Waals surface area contributed by atoms with Gasteiger partial charge in [-0.05, 0) is 23.6 Å². The highest BCUT2D eigenvalue weighted by atomic mass is 16.5. The fourth-order valence-electron chi connectivity index (χ4n) is 3.20. The summed E-state index contributed by atoms with van der Waals surface area (Å²) < 4.78 is 5.80. The molecule has 3 rings (SSSR count). The number of aliphatic hydroxyl groups excluding tert-OH is 1. The molecule has 0 aliphatic carbocycles. The molecule has 2 atom stereocenters. The van der Waals surface area contributed by atoms with Gasteiger partial charge in [0.05, 0.1) is 19.3 Å². The lowest BCUT2D eigenvalue weighted by Gasteiger charge is -2.41. The first-order chi connectivity index (χ1) is 10.8. The molecule has 0 spiro atoms. The number of hydrogen-bond acceptors (Lipinski definition) is 3. The summed E-state index contributed by atoms with van der Waals surface area (Å²) in [7, 11) is 0. The van der Waals surface area contributed by atoms with E-state index < -0.39 is 0 Å². The summed E-state index contributed by atoms with van der Waals surface area (Å²) in [5.74, 6) is 0. The highest BCUT2D eigenvalue weighted by Crippen LogP contribution is 2.31. The van der Waals surface area contributed by atoms with Crippen LogP contribution in [0, 0.1) is 6.92 Å². The summed E-state index contributed by atoms with van der Waals surface area (Å²) in [5, 5.41) is 9.71. The van der Waals surface area contributed by atoms with E-state index in [4.69, 9.17) is 4.74 Å². The zero-order valence-electron chi connectivity index (χ0n) is 13.0. The Morgan fingerprint density at radius 3 is 2.55 bits per heavy atom. The Balaban J connectivity index is 1.88. The van der Waals surface area contributed by atoms with Crippen molar-refractivity contribution in [3.8, 4) is 0 Å². The van der Waals surface area contributed by atoms with Crippen molar-refractivity contribution in [3.05, 3.63) is 71.3 Å². The molecule has 1 N–H and O–H groups in total. The van der Waals surface area contributed by atoms with Crippen molar-refractivity contribution >= 4 is 0 Å². The van der Waals surface area contributed by atoms with Gasteiger partial charge in [0, 0.05) is 13.1 Å². The molecular formula is C19H23NO2. The average Bonchev–Trinajstić information content (AvgIpc) is 2.57. The van der Waals surface area contributed by atoms with Crippen molar-refractivity contribution < 1.29 is 9.84 Å². The van der Waals surface area contributed by atoms with Crippen LogP contribution in [0.2, 0.25) is 0 Å². The average molecular weight is 297 g/mol. The van der Waals surface area contributed by atoms with Gasteiger partial charge in [-0.25, -0.2) is 0 Å². The topological polar surface area (TPSA) is 32.7 Å². The molecule has 3 heteroatoms. The van der Waals surface area contributed by atoms with Gasteiger partial charge < -0.3 is 9.84 Å². The lowest BCUT2D eigenvalue weighted by molar-refractivity contribution is -0.0961. The number of ether oxygens (including phenoxy) is 1. The highest BCUT2D eigenvalue weighted by molar-refractivity contribution is 5.27. The molecule has 2 aromatic rings. The molecule has 0 aromatic heterocycles. The largest absolute Gasteiger partial charge is 0.394 e. The van der Waals surface area contributed by atoms with Gasteiger partial charge in [0.25, 0.3) is 0 Å². The van der Waals surface area contributed by atoms with Crippen molar-refractivity contribution in [2.45, 2.75) is 25.6 Å². The van der Waals surface area contributed by atoms with Gasteiger partial charge >= 0.3 is 0 Å². The smallest absolute Gasteiger partial charge is 0.100 e. The minimum atomic E-state index is -0.167. The Labute approximate surface area is 132 Å². The maximum atomic E-state index is 9.71. The van der Waals surface area contributed by atoms with Gasteiger partial charge in [0.1, 0.15) is 6.10 Å². The Hall–Kier alpha value is -1.68. The van der Waals surface area contributed by atoms with E-state index in [1.807, 2.05) is 18.2 Å². The second-order valence-corrected chi connectivity index (χ2v) is 5.84. The molecule has 1 aliphatic heterocycles. The lowest BCUT2D eigenvalue weighted by atomic mass is 9.97. The summed E-state index contributed by atoms with van der Waals surface area (Å²) in [6, 6.07) is 18.9. The third-order valence-electron chi connectivity index (χ3n) is 4.41. The first-order valence-electron chi connectivity index (χ1n) is 7.85. The molecule has 1 saturated heterocycles. The minimum absolute atomic E-state index is 0.0455. The predicted octanol–water partition coefficient (Wildman–Crippen LogP) is 2.93. The van der Waals surface area contributed by atoms with Gasteiger partial charge in [0.2, 0.25) is 0 Å². The van der Waals surface area contributed by atoms with Crippen LogP contribution in [0.4, 0.5) is 0 Å². The highest BCUT2D eigenvalue weighted by Gasteiger charge is 2.33. The number of morpholine rings is 1. The zero-order valence-corrected chi connectivity index (χ0v) is 13.0. The maximum absolute atomic E-state index is 9.71. The van der Waals surface area contributed by atoms with Crippen LogP contribution < -0.4 is 0 Å². The Morgan fingerprint density at radius 2 is 1.82 bits per heavy atom. The summed E-state index contributed by atoms with van der Waals surface area (Å²) in [6.07, 6.45) is -0.167. The van der Waals surface area contributed by atoms with E-state index in [-0.39, 0.29) is 18.8 Å². The fourth-order valence-corrected chi connectivity index (χ4v) is 3.20. The van der Waals surface area contributed by atoms with Gasteiger partial charge in [0.15, 0.2) is 0 Å². The van der Waals surface area contributed by atoms with E-state index in [9.17, 15) is 5.11 Å². The van der Waals surface area contributed by atoms with E-state index >= 15 is 0 Å². The molecule has 0 saturated carbocycles. The first kappa shape index (κ1) is 15.2. The summed E-state index contributed by atoms with van der Waals surface area (Å²) in [4.78, 5) is 2.42. The van der Waals surface area contributed by atoms with Crippen molar-refractivity contribution in [2.24, 2.45) is 0 Å². The summed E-state index contributed by atoms with van der Waals surface area (Å²) >= 11 is 0. The van der Waals surface area contributed by atoms with E-state index in [1.165, 1.54) is 16.7 Å². The zero-order chi connectivity index (χ0) is 15.4. The molecule has 0 bridgehead atoms. The van der Waals surface area contributed by atoms with E-state index in [2.05, 4.69) is 48.2 Å². The first-order valence-corrected chi connectivity index (χ1v) is 7.85. The molecule has 1 aliphatic rings. The maximum Gasteiger partial charge on any atom is 0.100 e. The fraction of sp³-hybridized carbons (Fsp3) is 0.368. The van der Waals surface area contributed by atoms with Crippen LogP contribution >= 0.6 is 0 Å². The molecule has 3 nitrogen and oxygen atoms in total. The molecule has 22 heavy (non-hydrogen) atoms. The lowest BCUT2D eigenvalue weighted by Crippen LogP contribution is -2.46. The summed E-state index contributed by atoms with van der Waals surface area (Å²) in [5.41, 5.74) is 3.85. The molecule has 116 valence electrons. The Morgan fingerprint density at radius 1 is 1.09 bits per heavy atom. The monoisotopic (exact) mass is 297 g/mol. The van der Waals surface area contributed by atoms with Crippen LogP contribution in [-0.2, 0) is 11.3 Å². The second kappa shape index (κ2) is 7.05. The van der Waals surface area contributed by atoms with Crippen LogP contribution in [0.1, 0.15) is 22.7 Å². The van der Waals surface area contributed by atoms with Gasteiger partial charge in [-0.15, -0.1) is 0 Å². The van der Waals surface area contributed by atoms with Gasteiger partial charge in [-0.3, -0.25) is 4.90 Å². The van der Waals surface area contributed by atoms with E-state index in [0.717, 1.165) is 13.1 Å². The van der Waals surface area contributed by atoms with E-state index in [0.29, 0.717) is 6.61 Å². The molecule has 0 radical (unpaired) electrons. The predicted molar refractivity (Wildman–Crippen MR) is 87.6 cm³/mol. The van der Waals surface area contributed by atoms with Crippen LogP contribution in [0.3, 0.4) is 0 Å². The standard InChI is InChI=1S/C19H23NO2/c1-15-7-5-6-10-17(15)13-20-11-12-22-18(14-21)19(20)16-8-3-2-4-9-16/h2-10,18-19,21H,11-14H2,1H3/t18-,19-/m1/s1. The molecule has 0 unspecified atom stereocenters. The number of aryl methyl sites for hydroxylation is 1. The number of nitrogens with zero attached hydrogens (tertiary/aromatic N) is 1. The van der Waals surface area contributed by atoms with Gasteiger partial charge in [-0.2, -0.15) is 0 Å². The van der Waals surface area contributed by atoms with Crippen LogP contribution in [0.25, 0.3) is 0 Å². The van der Waals surface area contributed by atoms with Crippen molar-refractivity contribution in [1.82, 2.24) is 4.90 Å². The van der Waals surface area contributed by atoms with Crippen molar-refractivity contribution in [3.63, 3.8) is 0 Å². The summed E-state index contributed by atoms with van der Waals surface area (Å²) in [6.45, 7) is 4.62. The molecule has 2 aromatic carbocycles. The Kier molecular flexibility index (Phi) is 4.88. The number of rotatable bonds is 4. The van der Waals surface area contributed by atoms with E-state index in [1.54, 1.807) is 0 Å². The second-order valence-electron chi connectivity index (χ2n) is 5.84. The number of aliphatic hydroxyl groups is 1. The van der Waals surface area contributed by atoms with Crippen molar-refractivity contribution in [1.29, 1.82) is 0 Å². The molecule has 1 heterocycles. The number of benzene rings is 2. The normalized spacial score (nSPS) is 22.6. The van der Waals surface area contributed by atoms with Crippen molar-refractivity contribution in [2.75, 3.05) is 19.8 Å². The third kappa shape index (κ3) is 3.22. The molecule has 0 amide bonds. The Bertz CT molecular complexity index is 599. The number of hydrogen-bond donors (Lipinski definition) is 1. The van der Waals surface area contributed by atoms with Gasteiger partial charge in [-0.1, -0.05) is 54.6 Å².